The lowest BCUT2D eigenvalue weighted by Gasteiger charge is -2.33. The smallest absolute Gasteiger partial charge is 0.141 e. The van der Waals surface area contributed by atoms with Crippen molar-refractivity contribution >= 4 is 17.7 Å². The van der Waals surface area contributed by atoms with Crippen LogP contribution in [0.1, 0.15) is 25.0 Å². The van der Waals surface area contributed by atoms with Gasteiger partial charge in [0, 0.05) is 10.6 Å². The van der Waals surface area contributed by atoms with Crippen molar-refractivity contribution in [3.63, 3.8) is 0 Å². The van der Waals surface area contributed by atoms with Crippen LogP contribution in [0.3, 0.4) is 0 Å². The molecule has 2 heteroatoms. The number of nitrogens with zero attached hydrogens (tertiary/aromatic N) is 1. The van der Waals surface area contributed by atoms with E-state index in [1.165, 1.54) is 5.56 Å². The van der Waals surface area contributed by atoms with Gasteiger partial charge in [-0.2, -0.15) is 0 Å². The molecule has 0 N–H and O–H groups in total. The van der Waals surface area contributed by atoms with Crippen LogP contribution in [-0.4, -0.2) is 30.7 Å². The number of likely N-dealkylation sites (N-methyl/N-ethyl adjacent to an activating group) is 1. The second-order valence-electron chi connectivity index (χ2n) is 5.94. The highest BCUT2D eigenvalue weighted by Crippen LogP contribution is 2.10. The quantitative estimate of drug-likeness (QED) is 0.497. The molecule has 0 spiro atoms. The van der Waals surface area contributed by atoms with Gasteiger partial charge in [-0.25, -0.2) is 0 Å². The molecule has 2 rings (SSSR count). The molecule has 0 saturated heterocycles. The summed E-state index contributed by atoms with van der Waals surface area (Å²) >= 11 is 5.91. The molecular formula is C22H25ClN+. The number of benzene rings is 2. The lowest BCUT2D eigenvalue weighted by Crippen LogP contribution is -2.48. The molecule has 2 aromatic carbocycles. The predicted molar refractivity (Wildman–Crippen MR) is 105 cm³/mol. The molecule has 0 amide bonds. The van der Waals surface area contributed by atoms with Crippen LogP contribution in [0.25, 0.3) is 6.08 Å². The molecule has 0 aliphatic heterocycles. The molecule has 0 aliphatic carbocycles. The molecule has 0 aromatic heterocycles. The predicted octanol–water partition coefficient (Wildman–Crippen LogP) is 5.26. The van der Waals surface area contributed by atoms with Crippen molar-refractivity contribution in [1.29, 1.82) is 0 Å². The summed E-state index contributed by atoms with van der Waals surface area (Å²) in [4.78, 5) is 0. The maximum absolute atomic E-state index is 5.91. The molecule has 0 unspecified atom stereocenters. The van der Waals surface area contributed by atoms with E-state index in [1.807, 2.05) is 30.3 Å². The molecule has 0 fully saturated rings. The molecule has 0 bridgehead atoms. The van der Waals surface area contributed by atoms with Crippen molar-refractivity contribution in [2.75, 3.05) is 26.2 Å². The largest absolute Gasteiger partial charge is 0.311 e. The summed E-state index contributed by atoms with van der Waals surface area (Å²) in [5, 5.41) is 0.749. The maximum atomic E-state index is 5.91. The average Bonchev–Trinajstić information content (AvgIpc) is 2.63. The van der Waals surface area contributed by atoms with E-state index in [2.05, 4.69) is 62.1 Å². The van der Waals surface area contributed by atoms with Gasteiger partial charge in [0.25, 0.3) is 0 Å². The summed E-state index contributed by atoms with van der Waals surface area (Å²) in [5.41, 5.74) is 2.26. The van der Waals surface area contributed by atoms with Gasteiger partial charge in [-0.3, -0.25) is 0 Å². The minimum absolute atomic E-state index is 0.749. The zero-order chi connectivity index (χ0) is 17.3. The third kappa shape index (κ3) is 5.57. The van der Waals surface area contributed by atoms with E-state index in [-0.39, 0.29) is 0 Å². The Hall–Kier alpha value is -2.01. The highest BCUT2D eigenvalue weighted by atomic mass is 35.5. The lowest BCUT2D eigenvalue weighted by atomic mass is 10.2. The Labute approximate surface area is 151 Å². The Morgan fingerprint density at radius 1 is 0.958 bits per heavy atom. The van der Waals surface area contributed by atoms with Gasteiger partial charge >= 0.3 is 0 Å². The Bertz CT molecular complexity index is 701. The summed E-state index contributed by atoms with van der Waals surface area (Å²) in [6, 6.07) is 18.1. The van der Waals surface area contributed by atoms with Crippen LogP contribution in [0.15, 0.2) is 60.7 Å². The Morgan fingerprint density at radius 3 is 2.25 bits per heavy atom. The summed E-state index contributed by atoms with van der Waals surface area (Å²) in [7, 11) is 0. The van der Waals surface area contributed by atoms with Crippen molar-refractivity contribution in [3.05, 3.63) is 76.8 Å². The first-order valence-corrected chi connectivity index (χ1v) is 8.86. The van der Waals surface area contributed by atoms with Crippen LogP contribution in [0.4, 0.5) is 0 Å². The summed E-state index contributed by atoms with van der Waals surface area (Å²) in [6.45, 7) is 8.48. The molecule has 124 valence electrons. The molecular weight excluding hydrogens is 314 g/mol. The first kappa shape index (κ1) is 18.3. The number of quaternary nitrogens is 1. The zero-order valence-electron chi connectivity index (χ0n) is 14.5. The van der Waals surface area contributed by atoms with Crippen molar-refractivity contribution in [2.45, 2.75) is 13.8 Å². The molecule has 0 aliphatic rings. The van der Waals surface area contributed by atoms with E-state index < -0.39 is 0 Å². The minimum atomic E-state index is 0.749. The van der Waals surface area contributed by atoms with Gasteiger partial charge < -0.3 is 4.48 Å². The molecule has 24 heavy (non-hydrogen) atoms. The Morgan fingerprint density at radius 2 is 1.62 bits per heavy atom. The van der Waals surface area contributed by atoms with Gasteiger partial charge in [0.2, 0.25) is 0 Å². The number of hydrogen-bond acceptors (Lipinski definition) is 0. The maximum Gasteiger partial charge on any atom is 0.141 e. The zero-order valence-corrected chi connectivity index (χ0v) is 15.3. The fourth-order valence-corrected chi connectivity index (χ4v) is 2.72. The molecule has 1 nitrogen and oxygen atoms in total. The van der Waals surface area contributed by atoms with Gasteiger partial charge in [-0.15, -0.1) is 0 Å². The van der Waals surface area contributed by atoms with Gasteiger partial charge in [0.05, 0.1) is 19.6 Å². The van der Waals surface area contributed by atoms with Crippen LogP contribution in [0, 0.1) is 11.8 Å². The second-order valence-corrected chi connectivity index (χ2v) is 6.37. The normalized spacial score (nSPS) is 11.3. The monoisotopic (exact) mass is 338 g/mol. The Kier molecular flexibility index (Phi) is 7.12. The van der Waals surface area contributed by atoms with Crippen LogP contribution >= 0.6 is 11.6 Å². The molecule has 0 heterocycles. The van der Waals surface area contributed by atoms with Crippen molar-refractivity contribution in [1.82, 2.24) is 0 Å². The standard InChI is InChI=1S/C22H25ClN/c1-3-24(4-2,18-8-12-20-10-6-5-7-11-20)19-9-13-21-14-16-22(23)17-15-21/h5-8,10-12,14-17H,3-4,18-19H2,1-2H3/q+1. The number of halogens is 1. The molecule has 0 saturated carbocycles. The van der Waals surface area contributed by atoms with Gasteiger partial charge in [0.1, 0.15) is 6.54 Å². The van der Waals surface area contributed by atoms with Gasteiger partial charge in [-0.05, 0) is 55.7 Å². The fourth-order valence-electron chi connectivity index (χ4n) is 2.59. The van der Waals surface area contributed by atoms with E-state index in [0.717, 1.165) is 41.2 Å². The highest BCUT2D eigenvalue weighted by molar-refractivity contribution is 6.30. The van der Waals surface area contributed by atoms with E-state index >= 15 is 0 Å². The SMILES string of the molecule is CC[N+](CC)(CC#Cc1ccc(Cl)cc1)CC=Cc1ccccc1. The van der Waals surface area contributed by atoms with E-state index in [4.69, 9.17) is 11.6 Å². The van der Waals surface area contributed by atoms with Crippen LogP contribution in [0.2, 0.25) is 5.02 Å². The number of rotatable bonds is 6. The van der Waals surface area contributed by atoms with E-state index in [1.54, 1.807) is 0 Å². The van der Waals surface area contributed by atoms with Gasteiger partial charge in [0.15, 0.2) is 0 Å². The molecule has 0 atom stereocenters. The van der Waals surface area contributed by atoms with Crippen molar-refractivity contribution in [3.8, 4) is 11.8 Å². The molecule has 2 aromatic rings. The fraction of sp³-hybridized carbons (Fsp3) is 0.273. The first-order chi connectivity index (χ1) is 11.7. The van der Waals surface area contributed by atoms with Crippen LogP contribution in [0.5, 0.6) is 0 Å². The summed E-state index contributed by atoms with van der Waals surface area (Å²) in [5.74, 6) is 6.61. The third-order valence-corrected chi connectivity index (χ3v) is 4.69. The highest BCUT2D eigenvalue weighted by Gasteiger charge is 2.19. The first-order valence-electron chi connectivity index (χ1n) is 8.48. The number of hydrogen-bond donors (Lipinski definition) is 0. The molecule has 0 radical (unpaired) electrons. The van der Waals surface area contributed by atoms with Crippen molar-refractivity contribution in [2.24, 2.45) is 0 Å². The van der Waals surface area contributed by atoms with Crippen LogP contribution < -0.4 is 0 Å². The van der Waals surface area contributed by atoms with Gasteiger partial charge in [-0.1, -0.05) is 53.9 Å². The Balaban J connectivity index is 2.02. The lowest BCUT2D eigenvalue weighted by molar-refractivity contribution is -0.912. The summed E-state index contributed by atoms with van der Waals surface area (Å²) < 4.78 is 0.976. The summed E-state index contributed by atoms with van der Waals surface area (Å²) in [6.07, 6.45) is 4.47. The van der Waals surface area contributed by atoms with E-state index in [0.29, 0.717) is 0 Å². The second kappa shape index (κ2) is 9.33. The third-order valence-electron chi connectivity index (χ3n) is 4.44. The minimum Gasteiger partial charge on any atom is -0.311 e. The van der Waals surface area contributed by atoms with Crippen molar-refractivity contribution < 1.29 is 4.48 Å². The average molecular weight is 339 g/mol. The van der Waals surface area contributed by atoms with Crippen LogP contribution in [-0.2, 0) is 0 Å². The topological polar surface area (TPSA) is 0 Å². The van der Waals surface area contributed by atoms with E-state index in [9.17, 15) is 0 Å².